The van der Waals surface area contributed by atoms with Gasteiger partial charge in [-0.05, 0) is 87.3 Å². The first-order chi connectivity index (χ1) is 11.6. The number of carbonyl (C=O) groups is 1. The van der Waals surface area contributed by atoms with Gasteiger partial charge in [0.1, 0.15) is 0 Å². The molecule has 0 aromatic heterocycles. The van der Waals surface area contributed by atoms with Crippen LogP contribution >= 0.6 is 0 Å². The predicted molar refractivity (Wildman–Crippen MR) is 95.9 cm³/mol. The minimum absolute atomic E-state index is 0.304. The van der Waals surface area contributed by atoms with E-state index >= 15 is 0 Å². The van der Waals surface area contributed by atoms with Crippen LogP contribution < -0.4 is 11.1 Å². The molecule has 130 valence electrons. The van der Waals surface area contributed by atoms with Crippen LogP contribution in [0.2, 0.25) is 0 Å². The quantitative estimate of drug-likeness (QED) is 0.646. The molecule has 0 radical (unpaired) electrons. The van der Waals surface area contributed by atoms with Crippen LogP contribution in [0.5, 0.6) is 0 Å². The molecule has 0 heterocycles. The van der Waals surface area contributed by atoms with Gasteiger partial charge in [-0.25, -0.2) is 4.79 Å². The maximum atomic E-state index is 11.8. The number of hydrogen-bond acceptors (Lipinski definition) is 4. The number of fused-ring (bicyclic) bond motifs is 1. The second-order valence-corrected chi connectivity index (χ2v) is 8.05. The lowest BCUT2D eigenvalue weighted by molar-refractivity contribution is 0.0526. The molecule has 4 saturated carbocycles. The first kappa shape index (κ1) is 15.8. The molecule has 4 fully saturated rings. The maximum Gasteiger partial charge on any atom is 0.338 e. The monoisotopic (exact) mass is 328 g/mol. The van der Waals surface area contributed by atoms with Gasteiger partial charge in [0.2, 0.25) is 0 Å². The molecule has 0 saturated heterocycles. The topological polar surface area (TPSA) is 64.3 Å². The van der Waals surface area contributed by atoms with Gasteiger partial charge in [0.15, 0.2) is 0 Å². The van der Waals surface area contributed by atoms with E-state index < -0.39 is 0 Å². The summed E-state index contributed by atoms with van der Waals surface area (Å²) >= 11 is 0. The molecule has 3 N–H and O–H groups in total. The van der Waals surface area contributed by atoms with Crippen molar-refractivity contribution in [1.82, 2.24) is 0 Å². The zero-order valence-electron chi connectivity index (χ0n) is 14.5. The molecule has 5 rings (SSSR count). The van der Waals surface area contributed by atoms with E-state index in [1.165, 1.54) is 38.5 Å². The highest BCUT2D eigenvalue weighted by Gasteiger charge is 2.43. The summed E-state index contributed by atoms with van der Waals surface area (Å²) in [6, 6.07) is 6.02. The molecule has 4 aliphatic carbocycles. The standard InChI is InChI=1S/C20H28N2O2/c1-2-24-20(23)15-3-4-18(17(21)11-15)22-19-10-14-6-12-5-13(7-14)9-16(19)8-12/h3-4,11-14,16,19,22H,2,5-10,21H2,1H3. The molecular formula is C20H28N2O2. The smallest absolute Gasteiger partial charge is 0.338 e. The van der Waals surface area contributed by atoms with Crippen molar-refractivity contribution < 1.29 is 9.53 Å². The van der Waals surface area contributed by atoms with E-state index in [-0.39, 0.29) is 5.97 Å². The minimum atomic E-state index is -0.304. The van der Waals surface area contributed by atoms with Gasteiger partial charge in [-0.1, -0.05) is 0 Å². The normalized spacial score (nSPS) is 34.0. The number of hydrogen-bond donors (Lipinski definition) is 2. The average molecular weight is 328 g/mol. The molecule has 24 heavy (non-hydrogen) atoms. The fourth-order valence-electron chi connectivity index (χ4n) is 5.52. The van der Waals surface area contributed by atoms with Crippen LogP contribution in [-0.4, -0.2) is 18.6 Å². The lowest BCUT2D eigenvalue weighted by Crippen LogP contribution is -2.32. The Hall–Kier alpha value is -1.71. The van der Waals surface area contributed by atoms with E-state index in [1.807, 2.05) is 19.1 Å². The summed E-state index contributed by atoms with van der Waals surface area (Å²) in [4.78, 5) is 11.8. The lowest BCUT2D eigenvalue weighted by atomic mass is 9.67. The largest absolute Gasteiger partial charge is 0.462 e. The van der Waals surface area contributed by atoms with Crippen molar-refractivity contribution in [1.29, 1.82) is 0 Å². The summed E-state index contributed by atoms with van der Waals surface area (Å²) in [6.45, 7) is 2.19. The van der Waals surface area contributed by atoms with E-state index in [2.05, 4.69) is 5.32 Å². The number of benzene rings is 1. The lowest BCUT2D eigenvalue weighted by Gasteiger charge is -2.39. The second-order valence-electron chi connectivity index (χ2n) is 8.05. The third-order valence-corrected chi connectivity index (χ3v) is 6.33. The van der Waals surface area contributed by atoms with Crippen LogP contribution in [0.4, 0.5) is 11.4 Å². The van der Waals surface area contributed by atoms with E-state index in [4.69, 9.17) is 10.5 Å². The number of nitrogens with one attached hydrogen (secondary N) is 1. The van der Waals surface area contributed by atoms with Crippen LogP contribution in [-0.2, 0) is 4.74 Å². The average Bonchev–Trinajstić information content (AvgIpc) is 2.73. The molecule has 4 heteroatoms. The molecule has 0 amide bonds. The molecular weight excluding hydrogens is 300 g/mol. The van der Waals surface area contributed by atoms with Crippen molar-refractivity contribution in [3.05, 3.63) is 23.8 Å². The van der Waals surface area contributed by atoms with Crippen molar-refractivity contribution in [2.24, 2.45) is 23.7 Å². The van der Waals surface area contributed by atoms with Gasteiger partial charge in [0, 0.05) is 6.04 Å². The Kier molecular flexibility index (Phi) is 4.15. The number of nitrogens with two attached hydrogens (primary N) is 1. The van der Waals surface area contributed by atoms with E-state index in [0.29, 0.717) is 23.9 Å². The fourth-order valence-corrected chi connectivity index (χ4v) is 5.52. The van der Waals surface area contributed by atoms with Crippen molar-refractivity contribution in [3.63, 3.8) is 0 Å². The number of rotatable bonds is 4. The van der Waals surface area contributed by atoms with E-state index in [0.717, 1.165) is 29.4 Å². The Balaban J connectivity index is 1.50. The van der Waals surface area contributed by atoms with Crippen LogP contribution in [0.15, 0.2) is 18.2 Å². The number of ether oxygens (including phenoxy) is 1. The Bertz CT molecular complexity index is 616. The fraction of sp³-hybridized carbons (Fsp3) is 0.650. The summed E-state index contributed by atoms with van der Waals surface area (Å²) in [5.41, 5.74) is 8.35. The zero-order chi connectivity index (χ0) is 16.7. The molecule has 1 aromatic carbocycles. The van der Waals surface area contributed by atoms with Crippen molar-refractivity contribution >= 4 is 17.3 Å². The van der Waals surface area contributed by atoms with Crippen LogP contribution in [0, 0.1) is 23.7 Å². The second kappa shape index (κ2) is 6.30. The number of nitrogen functional groups attached to an aromatic ring is 1. The Morgan fingerprint density at radius 3 is 2.42 bits per heavy atom. The van der Waals surface area contributed by atoms with Crippen LogP contribution in [0.25, 0.3) is 0 Å². The molecule has 0 aliphatic heterocycles. The third-order valence-electron chi connectivity index (χ3n) is 6.33. The number of esters is 1. The Labute approximate surface area is 144 Å². The first-order valence-corrected chi connectivity index (χ1v) is 9.45. The predicted octanol–water partition coefficient (Wildman–Crippen LogP) is 4.07. The van der Waals surface area contributed by atoms with Gasteiger partial charge in [0.05, 0.1) is 23.5 Å². The zero-order valence-corrected chi connectivity index (χ0v) is 14.5. The molecule has 1 aromatic rings. The minimum Gasteiger partial charge on any atom is -0.462 e. The van der Waals surface area contributed by atoms with Gasteiger partial charge < -0.3 is 15.8 Å². The molecule has 3 unspecified atom stereocenters. The molecule has 3 atom stereocenters. The summed E-state index contributed by atoms with van der Waals surface area (Å²) in [5.74, 6) is 3.29. The van der Waals surface area contributed by atoms with Crippen molar-refractivity contribution in [2.75, 3.05) is 17.7 Å². The summed E-state index contributed by atoms with van der Waals surface area (Å²) in [6.07, 6.45) is 8.37. The molecule has 0 spiro atoms. The van der Waals surface area contributed by atoms with E-state index in [9.17, 15) is 4.79 Å². The van der Waals surface area contributed by atoms with Gasteiger partial charge in [-0.3, -0.25) is 0 Å². The number of carbonyl (C=O) groups excluding carboxylic acids is 1. The van der Waals surface area contributed by atoms with Crippen LogP contribution in [0.1, 0.15) is 55.8 Å². The summed E-state index contributed by atoms with van der Waals surface area (Å²) < 4.78 is 5.05. The molecule has 4 bridgehead atoms. The highest BCUT2D eigenvalue weighted by atomic mass is 16.5. The van der Waals surface area contributed by atoms with Crippen LogP contribution in [0.3, 0.4) is 0 Å². The van der Waals surface area contributed by atoms with Gasteiger partial charge in [-0.15, -0.1) is 0 Å². The Morgan fingerprint density at radius 2 is 1.79 bits per heavy atom. The van der Waals surface area contributed by atoms with Crippen molar-refractivity contribution in [2.45, 2.75) is 51.5 Å². The number of anilines is 2. The molecule has 4 aliphatic rings. The summed E-state index contributed by atoms with van der Waals surface area (Å²) in [5, 5.41) is 3.72. The summed E-state index contributed by atoms with van der Waals surface area (Å²) in [7, 11) is 0. The highest BCUT2D eigenvalue weighted by Crippen LogP contribution is 2.51. The SMILES string of the molecule is CCOC(=O)c1ccc(NC2CC3CC4CC(C3)CC2C4)c(N)c1. The van der Waals surface area contributed by atoms with Gasteiger partial charge in [0.25, 0.3) is 0 Å². The Morgan fingerprint density at radius 1 is 1.12 bits per heavy atom. The highest BCUT2D eigenvalue weighted by molar-refractivity contribution is 5.92. The molecule has 4 nitrogen and oxygen atoms in total. The first-order valence-electron chi connectivity index (χ1n) is 9.45. The van der Waals surface area contributed by atoms with Gasteiger partial charge >= 0.3 is 5.97 Å². The third kappa shape index (κ3) is 2.99. The van der Waals surface area contributed by atoms with Gasteiger partial charge in [-0.2, -0.15) is 0 Å². The van der Waals surface area contributed by atoms with Crippen molar-refractivity contribution in [3.8, 4) is 0 Å². The van der Waals surface area contributed by atoms with E-state index in [1.54, 1.807) is 6.07 Å². The maximum absolute atomic E-state index is 11.8.